The molecule has 2 nitrogen and oxygen atoms in total. The van der Waals surface area contributed by atoms with Crippen LogP contribution in [-0.2, 0) is 0 Å². The highest BCUT2D eigenvalue weighted by Gasteiger charge is 2.05. The molecule has 0 fully saturated rings. The van der Waals surface area contributed by atoms with E-state index in [1.807, 2.05) is 36.4 Å². The zero-order chi connectivity index (χ0) is 13.1. The minimum absolute atomic E-state index is 0.0671. The molecule has 0 unspecified atom stereocenters. The van der Waals surface area contributed by atoms with Crippen LogP contribution in [0.2, 0.25) is 10.0 Å². The first-order valence-electron chi connectivity index (χ1n) is 5.53. The van der Waals surface area contributed by atoms with E-state index in [4.69, 9.17) is 34.0 Å². The van der Waals surface area contributed by atoms with E-state index in [1.54, 1.807) is 6.07 Å². The summed E-state index contributed by atoms with van der Waals surface area (Å²) in [6, 6.07) is 12.7. The van der Waals surface area contributed by atoms with Gasteiger partial charge in [-0.3, -0.25) is 0 Å². The first-order valence-corrected chi connectivity index (χ1v) is 6.28. The van der Waals surface area contributed by atoms with E-state index in [1.165, 1.54) is 0 Å². The first-order chi connectivity index (χ1) is 8.60. The molecule has 0 aliphatic heterocycles. The van der Waals surface area contributed by atoms with Crippen molar-refractivity contribution >= 4 is 23.2 Å². The minimum Gasteiger partial charge on any atom is -0.394 e. The zero-order valence-corrected chi connectivity index (χ0v) is 11.1. The van der Waals surface area contributed by atoms with E-state index in [0.717, 1.165) is 16.7 Å². The fourth-order valence-electron chi connectivity index (χ4n) is 1.75. The molecule has 0 heterocycles. The zero-order valence-electron chi connectivity index (χ0n) is 9.61. The van der Waals surface area contributed by atoms with E-state index >= 15 is 0 Å². The van der Waals surface area contributed by atoms with Gasteiger partial charge in [0.05, 0.1) is 12.6 Å². The standard InChI is InChI=1S/C14H13Cl2NO/c15-12-5-11(6-13(16)7-12)9-1-3-10(4-2-9)14(17)8-18/h1-7,14,18H,8,17H2/t14-/m1/s1. The molecule has 0 bridgehead atoms. The average molecular weight is 282 g/mol. The van der Waals surface area contributed by atoms with Crippen molar-refractivity contribution in [1.82, 2.24) is 0 Å². The van der Waals surface area contributed by atoms with Crippen molar-refractivity contribution in [2.45, 2.75) is 6.04 Å². The highest BCUT2D eigenvalue weighted by molar-refractivity contribution is 6.35. The molecule has 0 saturated heterocycles. The third kappa shape index (κ3) is 3.03. The molecule has 4 heteroatoms. The van der Waals surface area contributed by atoms with Gasteiger partial charge in [-0.2, -0.15) is 0 Å². The van der Waals surface area contributed by atoms with Gasteiger partial charge < -0.3 is 10.8 Å². The summed E-state index contributed by atoms with van der Waals surface area (Å²) in [7, 11) is 0. The third-order valence-electron chi connectivity index (χ3n) is 2.73. The molecule has 0 saturated carbocycles. The van der Waals surface area contributed by atoms with Crippen LogP contribution in [0.25, 0.3) is 11.1 Å². The van der Waals surface area contributed by atoms with Gasteiger partial charge >= 0.3 is 0 Å². The van der Waals surface area contributed by atoms with Crippen molar-refractivity contribution in [3.8, 4) is 11.1 Å². The molecule has 0 spiro atoms. The van der Waals surface area contributed by atoms with E-state index in [2.05, 4.69) is 0 Å². The average Bonchev–Trinajstić information content (AvgIpc) is 2.37. The molecule has 1 atom stereocenters. The number of nitrogens with two attached hydrogens (primary N) is 1. The fraction of sp³-hybridized carbons (Fsp3) is 0.143. The van der Waals surface area contributed by atoms with Gasteiger partial charge in [0, 0.05) is 10.0 Å². The molecule has 2 aromatic carbocycles. The van der Waals surface area contributed by atoms with Crippen LogP contribution in [0, 0.1) is 0 Å². The molecular weight excluding hydrogens is 269 g/mol. The Bertz CT molecular complexity index is 520. The summed E-state index contributed by atoms with van der Waals surface area (Å²) in [4.78, 5) is 0. The molecule has 0 aliphatic carbocycles. The molecule has 94 valence electrons. The van der Waals surface area contributed by atoms with Gasteiger partial charge in [0.2, 0.25) is 0 Å². The van der Waals surface area contributed by atoms with Crippen LogP contribution in [0.15, 0.2) is 42.5 Å². The molecule has 0 amide bonds. The summed E-state index contributed by atoms with van der Waals surface area (Å²) in [6.07, 6.45) is 0. The Hall–Kier alpha value is -1.06. The largest absolute Gasteiger partial charge is 0.394 e. The Morgan fingerprint density at radius 2 is 1.50 bits per heavy atom. The lowest BCUT2D eigenvalue weighted by molar-refractivity contribution is 0.268. The third-order valence-corrected chi connectivity index (χ3v) is 3.17. The summed E-state index contributed by atoms with van der Waals surface area (Å²) in [5, 5.41) is 10.2. The molecule has 2 rings (SSSR count). The number of benzene rings is 2. The maximum absolute atomic E-state index is 8.99. The Balaban J connectivity index is 2.34. The molecule has 18 heavy (non-hydrogen) atoms. The van der Waals surface area contributed by atoms with Gasteiger partial charge in [-0.25, -0.2) is 0 Å². The van der Waals surface area contributed by atoms with Crippen molar-refractivity contribution < 1.29 is 5.11 Å². The van der Waals surface area contributed by atoms with Crippen molar-refractivity contribution in [3.05, 3.63) is 58.1 Å². The van der Waals surface area contributed by atoms with Crippen LogP contribution in [0.1, 0.15) is 11.6 Å². The van der Waals surface area contributed by atoms with Crippen LogP contribution in [0.4, 0.5) is 0 Å². The fourth-order valence-corrected chi connectivity index (χ4v) is 2.27. The monoisotopic (exact) mass is 281 g/mol. The van der Waals surface area contributed by atoms with Crippen molar-refractivity contribution in [3.63, 3.8) is 0 Å². The summed E-state index contributed by atoms with van der Waals surface area (Å²) in [6.45, 7) is -0.0671. The number of halogens is 2. The van der Waals surface area contributed by atoms with Crippen LogP contribution in [0.3, 0.4) is 0 Å². The second-order valence-corrected chi connectivity index (χ2v) is 4.94. The number of rotatable bonds is 3. The summed E-state index contributed by atoms with van der Waals surface area (Å²) in [5.41, 5.74) is 8.60. The minimum atomic E-state index is -0.345. The Morgan fingerprint density at radius 3 is 2.00 bits per heavy atom. The van der Waals surface area contributed by atoms with Crippen LogP contribution in [0.5, 0.6) is 0 Å². The van der Waals surface area contributed by atoms with Gasteiger partial charge in [0.25, 0.3) is 0 Å². The number of aliphatic hydroxyl groups excluding tert-OH is 1. The number of hydrogen-bond donors (Lipinski definition) is 2. The van der Waals surface area contributed by atoms with Crippen LogP contribution in [-0.4, -0.2) is 11.7 Å². The van der Waals surface area contributed by atoms with E-state index in [0.29, 0.717) is 10.0 Å². The van der Waals surface area contributed by atoms with Crippen molar-refractivity contribution in [1.29, 1.82) is 0 Å². The highest BCUT2D eigenvalue weighted by atomic mass is 35.5. The number of hydrogen-bond acceptors (Lipinski definition) is 2. The Kier molecular flexibility index (Phi) is 4.25. The van der Waals surface area contributed by atoms with Crippen LogP contribution >= 0.6 is 23.2 Å². The normalized spacial score (nSPS) is 12.4. The maximum Gasteiger partial charge on any atom is 0.0624 e. The topological polar surface area (TPSA) is 46.2 Å². The van der Waals surface area contributed by atoms with Gasteiger partial charge in [-0.15, -0.1) is 0 Å². The van der Waals surface area contributed by atoms with Gasteiger partial charge in [0.15, 0.2) is 0 Å². The molecule has 2 aromatic rings. The first kappa shape index (κ1) is 13.4. The quantitative estimate of drug-likeness (QED) is 0.902. The van der Waals surface area contributed by atoms with Crippen molar-refractivity contribution in [2.24, 2.45) is 5.73 Å². The van der Waals surface area contributed by atoms with E-state index in [-0.39, 0.29) is 12.6 Å². The Morgan fingerprint density at radius 1 is 0.944 bits per heavy atom. The van der Waals surface area contributed by atoms with Gasteiger partial charge in [-0.1, -0.05) is 47.5 Å². The molecular formula is C14H13Cl2NO. The Labute approximate surface area is 116 Å². The van der Waals surface area contributed by atoms with Gasteiger partial charge in [-0.05, 0) is 34.9 Å². The summed E-state index contributed by atoms with van der Waals surface area (Å²) >= 11 is 11.9. The van der Waals surface area contributed by atoms with Gasteiger partial charge in [0.1, 0.15) is 0 Å². The molecule has 0 radical (unpaired) electrons. The summed E-state index contributed by atoms with van der Waals surface area (Å²) in [5.74, 6) is 0. The molecule has 0 aliphatic rings. The predicted octanol–water partition coefficient (Wildman–Crippen LogP) is 3.65. The maximum atomic E-state index is 8.99. The lowest BCUT2D eigenvalue weighted by Gasteiger charge is -2.10. The lowest BCUT2D eigenvalue weighted by Crippen LogP contribution is -2.14. The van der Waals surface area contributed by atoms with Crippen LogP contribution < -0.4 is 5.73 Å². The number of aliphatic hydroxyl groups is 1. The smallest absolute Gasteiger partial charge is 0.0624 e. The molecule has 0 aromatic heterocycles. The SMILES string of the molecule is N[C@H](CO)c1ccc(-c2cc(Cl)cc(Cl)c2)cc1. The second-order valence-electron chi connectivity index (χ2n) is 4.07. The van der Waals surface area contributed by atoms with E-state index in [9.17, 15) is 0 Å². The predicted molar refractivity (Wildman–Crippen MR) is 75.9 cm³/mol. The highest BCUT2D eigenvalue weighted by Crippen LogP contribution is 2.27. The second kappa shape index (κ2) is 5.72. The van der Waals surface area contributed by atoms with E-state index < -0.39 is 0 Å². The van der Waals surface area contributed by atoms with Crippen molar-refractivity contribution in [2.75, 3.05) is 6.61 Å². The molecule has 3 N–H and O–H groups in total. The summed E-state index contributed by atoms with van der Waals surface area (Å²) < 4.78 is 0. The lowest BCUT2D eigenvalue weighted by atomic mass is 10.0.